The Bertz CT molecular complexity index is 717. The molecule has 1 heterocycles. The summed E-state index contributed by atoms with van der Waals surface area (Å²) in [4.78, 5) is 23.4. The lowest BCUT2D eigenvalue weighted by Gasteiger charge is -2.08. The van der Waals surface area contributed by atoms with Gasteiger partial charge in [-0.1, -0.05) is 29.8 Å². The normalized spacial score (nSPS) is 10.5. The van der Waals surface area contributed by atoms with Crippen molar-refractivity contribution in [2.75, 3.05) is 0 Å². The number of carbonyl (C=O) groups is 2. The maximum absolute atomic E-state index is 12.1. The van der Waals surface area contributed by atoms with Crippen molar-refractivity contribution in [3.8, 4) is 0 Å². The number of amides is 1. The molecule has 0 aliphatic heterocycles. The van der Waals surface area contributed by atoms with Crippen molar-refractivity contribution in [2.45, 2.75) is 26.8 Å². The number of carboxylic acids is 1. The second kappa shape index (κ2) is 6.47. The number of aromatic nitrogens is 1. The van der Waals surface area contributed by atoms with Gasteiger partial charge in [0.1, 0.15) is 0 Å². The average molecular weight is 300 g/mol. The largest absolute Gasteiger partial charge is 0.478 e. The van der Waals surface area contributed by atoms with Crippen molar-refractivity contribution >= 4 is 11.9 Å². The number of carboxylic acid groups (broad SMARTS) is 1. The lowest BCUT2D eigenvalue weighted by molar-refractivity contribution is -0.120. The number of aromatic carboxylic acids is 1. The van der Waals surface area contributed by atoms with Crippen molar-refractivity contribution in [3.63, 3.8) is 0 Å². The molecule has 1 aromatic heterocycles. The summed E-state index contributed by atoms with van der Waals surface area (Å²) in [5, 5.41) is 12.1. The van der Waals surface area contributed by atoms with Gasteiger partial charge in [-0.05, 0) is 25.0 Å². The summed E-state index contributed by atoms with van der Waals surface area (Å²) < 4.78 is 1.70. The molecular weight excluding hydrogens is 280 g/mol. The van der Waals surface area contributed by atoms with E-state index in [1.165, 1.54) is 0 Å². The lowest BCUT2D eigenvalue weighted by Crippen LogP contribution is -2.26. The summed E-state index contributed by atoms with van der Waals surface area (Å²) >= 11 is 0. The molecule has 116 valence electrons. The zero-order valence-corrected chi connectivity index (χ0v) is 13.0. The highest BCUT2D eigenvalue weighted by atomic mass is 16.4. The first-order chi connectivity index (χ1) is 10.4. The number of nitrogens with zero attached hydrogens (tertiary/aromatic N) is 1. The van der Waals surface area contributed by atoms with Crippen LogP contribution in [0.5, 0.6) is 0 Å². The molecule has 2 rings (SSSR count). The lowest BCUT2D eigenvalue weighted by atomic mass is 10.1. The molecule has 5 heteroatoms. The van der Waals surface area contributed by atoms with Crippen LogP contribution in [-0.4, -0.2) is 21.6 Å². The van der Waals surface area contributed by atoms with Gasteiger partial charge in [0.2, 0.25) is 5.91 Å². The molecule has 0 unspecified atom stereocenters. The SMILES string of the molecule is Cc1cccc(CNC(=O)Cc2c(C(=O)O)c(C)cn2C)c1. The summed E-state index contributed by atoms with van der Waals surface area (Å²) in [6, 6.07) is 7.90. The Balaban J connectivity index is 2.05. The van der Waals surface area contributed by atoms with Gasteiger partial charge < -0.3 is 15.0 Å². The summed E-state index contributed by atoms with van der Waals surface area (Å²) in [5.41, 5.74) is 3.56. The molecule has 0 saturated heterocycles. The summed E-state index contributed by atoms with van der Waals surface area (Å²) in [5.74, 6) is -1.19. The van der Waals surface area contributed by atoms with Crippen molar-refractivity contribution in [1.29, 1.82) is 0 Å². The maximum Gasteiger partial charge on any atom is 0.337 e. The van der Waals surface area contributed by atoms with Gasteiger partial charge in [0, 0.05) is 25.5 Å². The molecule has 5 nitrogen and oxygen atoms in total. The molecule has 0 spiro atoms. The molecule has 2 N–H and O–H groups in total. The Hall–Kier alpha value is -2.56. The van der Waals surface area contributed by atoms with E-state index < -0.39 is 5.97 Å². The molecular formula is C17H20N2O3. The zero-order chi connectivity index (χ0) is 16.3. The molecule has 22 heavy (non-hydrogen) atoms. The van der Waals surface area contributed by atoms with Crippen molar-refractivity contribution in [3.05, 3.63) is 58.4 Å². The predicted molar refractivity (Wildman–Crippen MR) is 83.8 cm³/mol. The van der Waals surface area contributed by atoms with Crippen LogP contribution in [0.1, 0.15) is 32.7 Å². The van der Waals surface area contributed by atoms with Gasteiger partial charge in [0.25, 0.3) is 0 Å². The first-order valence-corrected chi connectivity index (χ1v) is 7.09. The van der Waals surface area contributed by atoms with E-state index >= 15 is 0 Å². The molecule has 0 aliphatic rings. The van der Waals surface area contributed by atoms with Crippen LogP contribution in [0.15, 0.2) is 30.5 Å². The molecule has 0 atom stereocenters. The minimum absolute atomic E-state index is 0.0534. The van der Waals surface area contributed by atoms with Crippen LogP contribution in [0, 0.1) is 13.8 Å². The van der Waals surface area contributed by atoms with Gasteiger partial charge in [-0.15, -0.1) is 0 Å². The number of hydrogen-bond acceptors (Lipinski definition) is 2. The zero-order valence-electron chi connectivity index (χ0n) is 13.0. The molecule has 1 amide bonds. The van der Waals surface area contributed by atoms with Crippen LogP contribution in [0.2, 0.25) is 0 Å². The highest BCUT2D eigenvalue weighted by Crippen LogP contribution is 2.16. The Morgan fingerprint density at radius 2 is 2.00 bits per heavy atom. The highest BCUT2D eigenvalue weighted by Gasteiger charge is 2.19. The standard InChI is InChI=1S/C17H20N2O3/c1-11-5-4-6-13(7-11)9-18-15(20)8-14-16(17(21)22)12(2)10-19(14)3/h4-7,10H,8-9H2,1-3H3,(H,18,20)(H,21,22). The molecule has 0 bridgehead atoms. The van der Waals surface area contributed by atoms with Gasteiger partial charge in [0.05, 0.1) is 12.0 Å². The van der Waals surface area contributed by atoms with Crippen LogP contribution in [-0.2, 0) is 24.8 Å². The Morgan fingerprint density at radius 1 is 1.27 bits per heavy atom. The first-order valence-electron chi connectivity index (χ1n) is 7.09. The molecule has 0 fully saturated rings. The number of benzene rings is 1. The van der Waals surface area contributed by atoms with Gasteiger partial charge in [-0.25, -0.2) is 4.79 Å². The van der Waals surface area contributed by atoms with Gasteiger partial charge in [-0.2, -0.15) is 0 Å². The number of hydrogen-bond donors (Lipinski definition) is 2. The number of rotatable bonds is 5. The van der Waals surface area contributed by atoms with E-state index in [1.807, 2.05) is 31.2 Å². The Labute approximate surface area is 129 Å². The van der Waals surface area contributed by atoms with Crippen LogP contribution >= 0.6 is 0 Å². The van der Waals surface area contributed by atoms with E-state index in [0.29, 0.717) is 17.8 Å². The second-order valence-electron chi connectivity index (χ2n) is 5.49. The number of nitrogens with one attached hydrogen (secondary N) is 1. The van der Waals surface area contributed by atoms with E-state index in [2.05, 4.69) is 5.32 Å². The first kappa shape index (κ1) is 15.8. The molecule has 1 aromatic carbocycles. The Kier molecular flexibility index (Phi) is 4.65. The fraction of sp³-hybridized carbons (Fsp3) is 0.294. The van der Waals surface area contributed by atoms with Crippen LogP contribution in [0.4, 0.5) is 0 Å². The molecule has 2 aromatic rings. The number of aryl methyl sites for hydroxylation is 3. The van der Waals surface area contributed by atoms with Crippen LogP contribution in [0.25, 0.3) is 0 Å². The predicted octanol–water partition coefficient (Wildman–Crippen LogP) is 2.20. The summed E-state index contributed by atoms with van der Waals surface area (Å²) in [7, 11) is 1.75. The van der Waals surface area contributed by atoms with E-state index in [-0.39, 0.29) is 17.9 Å². The minimum atomic E-state index is -1.00. The van der Waals surface area contributed by atoms with Gasteiger partial charge >= 0.3 is 5.97 Å². The molecule has 0 radical (unpaired) electrons. The quantitative estimate of drug-likeness (QED) is 0.889. The van der Waals surface area contributed by atoms with E-state index in [4.69, 9.17) is 0 Å². The maximum atomic E-state index is 12.1. The topological polar surface area (TPSA) is 71.3 Å². The molecule has 0 aliphatic carbocycles. The van der Waals surface area contributed by atoms with Crippen LogP contribution < -0.4 is 5.32 Å². The van der Waals surface area contributed by atoms with Crippen molar-refractivity contribution < 1.29 is 14.7 Å². The van der Waals surface area contributed by atoms with E-state index in [1.54, 1.807) is 24.7 Å². The smallest absolute Gasteiger partial charge is 0.337 e. The Morgan fingerprint density at radius 3 is 2.64 bits per heavy atom. The van der Waals surface area contributed by atoms with E-state index in [0.717, 1.165) is 11.1 Å². The average Bonchev–Trinajstić information content (AvgIpc) is 2.71. The van der Waals surface area contributed by atoms with Crippen molar-refractivity contribution in [1.82, 2.24) is 9.88 Å². The fourth-order valence-corrected chi connectivity index (χ4v) is 2.58. The third-order valence-electron chi connectivity index (χ3n) is 3.61. The minimum Gasteiger partial charge on any atom is -0.478 e. The third kappa shape index (κ3) is 3.55. The monoisotopic (exact) mass is 300 g/mol. The highest BCUT2D eigenvalue weighted by molar-refractivity contribution is 5.93. The van der Waals surface area contributed by atoms with Crippen molar-refractivity contribution in [2.24, 2.45) is 7.05 Å². The van der Waals surface area contributed by atoms with E-state index in [9.17, 15) is 14.7 Å². The van der Waals surface area contributed by atoms with Crippen LogP contribution in [0.3, 0.4) is 0 Å². The van der Waals surface area contributed by atoms with Gasteiger partial charge in [-0.3, -0.25) is 4.79 Å². The summed E-state index contributed by atoms with van der Waals surface area (Å²) in [6.07, 6.45) is 1.78. The number of carbonyl (C=O) groups excluding carboxylic acids is 1. The second-order valence-corrected chi connectivity index (χ2v) is 5.49. The fourth-order valence-electron chi connectivity index (χ4n) is 2.58. The molecule has 0 saturated carbocycles. The third-order valence-corrected chi connectivity index (χ3v) is 3.61. The summed E-state index contributed by atoms with van der Waals surface area (Å²) in [6.45, 7) is 4.17. The van der Waals surface area contributed by atoms with Gasteiger partial charge in [0.15, 0.2) is 0 Å².